The lowest BCUT2D eigenvalue weighted by Gasteiger charge is -2.03. The predicted octanol–water partition coefficient (Wildman–Crippen LogP) is 1.40. The lowest BCUT2D eigenvalue weighted by atomic mass is 10.2. The first-order valence-corrected chi connectivity index (χ1v) is 3.64. The molecule has 0 saturated heterocycles. The van der Waals surface area contributed by atoms with E-state index in [0.29, 0.717) is 11.3 Å². The minimum Gasteiger partial charge on any atom is -0.478 e. The van der Waals surface area contributed by atoms with Crippen LogP contribution >= 0.6 is 0 Å². The van der Waals surface area contributed by atoms with Crippen LogP contribution in [0.25, 0.3) is 0 Å². The van der Waals surface area contributed by atoms with Gasteiger partial charge >= 0.3 is 0 Å². The van der Waals surface area contributed by atoms with E-state index < -0.39 is 0 Å². The summed E-state index contributed by atoms with van der Waals surface area (Å²) in [5, 5.41) is 19.5. The molecule has 0 aliphatic carbocycles. The highest BCUT2D eigenvalue weighted by Gasteiger charge is 1.98. The summed E-state index contributed by atoms with van der Waals surface area (Å²) in [5.41, 5.74) is 0.639. The summed E-state index contributed by atoms with van der Waals surface area (Å²) in [6.45, 7) is -0.0176. The Balaban J connectivity index is 2.85. The molecule has 0 bridgehead atoms. The Bertz CT molecular complexity index is 342. The fourth-order valence-corrected chi connectivity index (χ4v) is 0.891. The van der Waals surface area contributed by atoms with Crippen molar-refractivity contribution in [2.75, 3.05) is 6.61 Å². The molecule has 1 aromatic carbocycles. The Morgan fingerprint density at radius 1 is 1.54 bits per heavy atom. The van der Waals surface area contributed by atoms with Crippen LogP contribution < -0.4 is 4.74 Å². The Morgan fingerprint density at radius 2 is 2.31 bits per heavy atom. The third-order valence-electron chi connectivity index (χ3n) is 1.41. The molecule has 0 radical (unpaired) electrons. The van der Waals surface area contributed by atoms with Crippen LogP contribution in [0, 0.1) is 11.3 Å². The van der Waals surface area contributed by atoms with Gasteiger partial charge in [0.15, 0.2) is 6.61 Å². The van der Waals surface area contributed by atoms with Gasteiger partial charge in [0.25, 0.3) is 0 Å². The number of nitriles is 1. The first kappa shape index (κ1) is 9.07. The lowest BCUT2D eigenvalue weighted by molar-refractivity contribution is 0.321. The van der Waals surface area contributed by atoms with Crippen LogP contribution in [-0.2, 0) is 0 Å². The highest BCUT2D eigenvalue weighted by molar-refractivity contribution is 5.82. The average molecular weight is 176 g/mol. The minimum absolute atomic E-state index is 0.0176. The number of benzene rings is 1. The SMILES string of the molecule is N#CCOc1ccccc1/C=N/O. The second-order valence-electron chi connectivity index (χ2n) is 2.23. The maximum Gasteiger partial charge on any atom is 0.174 e. The summed E-state index contributed by atoms with van der Waals surface area (Å²) < 4.78 is 5.08. The summed E-state index contributed by atoms with van der Waals surface area (Å²) in [7, 11) is 0. The van der Waals surface area contributed by atoms with E-state index in [2.05, 4.69) is 5.16 Å². The van der Waals surface area contributed by atoms with Crippen molar-refractivity contribution < 1.29 is 9.94 Å². The Labute approximate surface area is 75.7 Å². The lowest BCUT2D eigenvalue weighted by Crippen LogP contribution is -1.96. The smallest absolute Gasteiger partial charge is 0.174 e. The third kappa shape index (κ3) is 2.49. The van der Waals surface area contributed by atoms with Gasteiger partial charge in [0.2, 0.25) is 0 Å². The van der Waals surface area contributed by atoms with Crippen molar-refractivity contribution in [3.05, 3.63) is 29.8 Å². The maximum absolute atomic E-state index is 8.32. The number of oxime groups is 1. The standard InChI is InChI=1S/C9H8N2O2/c10-5-6-13-9-4-2-1-3-8(9)7-11-12/h1-4,7,12H,6H2/b11-7+. The second kappa shape index (κ2) is 4.78. The molecule has 0 aliphatic rings. The molecule has 1 rings (SSSR count). The fraction of sp³-hybridized carbons (Fsp3) is 0.111. The van der Waals surface area contributed by atoms with Gasteiger partial charge in [-0.15, -0.1) is 0 Å². The normalized spacial score (nSPS) is 9.77. The molecule has 0 unspecified atom stereocenters. The first-order chi connectivity index (χ1) is 6.38. The van der Waals surface area contributed by atoms with Gasteiger partial charge < -0.3 is 9.94 Å². The molecular formula is C9H8N2O2. The van der Waals surface area contributed by atoms with Crippen molar-refractivity contribution in [2.24, 2.45) is 5.16 Å². The molecule has 0 saturated carbocycles. The van der Waals surface area contributed by atoms with Gasteiger partial charge in [-0.05, 0) is 12.1 Å². The zero-order valence-electron chi connectivity index (χ0n) is 6.84. The van der Waals surface area contributed by atoms with Gasteiger partial charge in [0.05, 0.1) is 6.21 Å². The van der Waals surface area contributed by atoms with Gasteiger partial charge in [-0.2, -0.15) is 5.26 Å². The van der Waals surface area contributed by atoms with E-state index in [0.717, 1.165) is 0 Å². The number of rotatable bonds is 3. The van der Waals surface area contributed by atoms with Crippen LogP contribution in [0.5, 0.6) is 5.75 Å². The van der Waals surface area contributed by atoms with Gasteiger partial charge in [-0.3, -0.25) is 0 Å². The number of hydrogen-bond donors (Lipinski definition) is 1. The molecule has 0 fully saturated rings. The highest BCUT2D eigenvalue weighted by atomic mass is 16.5. The van der Waals surface area contributed by atoms with Crippen LogP contribution in [0.15, 0.2) is 29.4 Å². The maximum atomic E-state index is 8.32. The monoisotopic (exact) mass is 176 g/mol. The highest BCUT2D eigenvalue weighted by Crippen LogP contribution is 2.15. The topological polar surface area (TPSA) is 65.6 Å². The number of hydrogen-bond acceptors (Lipinski definition) is 4. The summed E-state index contributed by atoms with van der Waals surface area (Å²) in [6, 6.07) is 8.85. The van der Waals surface area contributed by atoms with E-state index in [4.69, 9.17) is 15.2 Å². The molecular weight excluding hydrogens is 168 g/mol. The van der Waals surface area contributed by atoms with Gasteiger partial charge in [-0.25, -0.2) is 0 Å². The van der Waals surface area contributed by atoms with E-state index in [9.17, 15) is 0 Å². The van der Waals surface area contributed by atoms with Crippen LogP contribution in [0.3, 0.4) is 0 Å². The van der Waals surface area contributed by atoms with E-state index in [1.807, 2.05) is 6.07 Å². The third-order valence-corrected chi connectivity index (χ3v) is 1.41. The molecule has 4 heteroatoms. The number of para-hydroxylation sites is 1. The zero-order chi connectivity index (χ0) is 9.52. The molecule has 0 aliphatic heterocycles. The van der Waals surface area contributed by atoms with Crippen molar-refractivity contribution >= 4 is 6.21 Å². The largest absolute Gasteiger partial charge is 0.478 e. The summed E-state index contributed by atoms with van der Waals surface area (Å²) in [4.78, 5) is 0. The molecule has 0 aromatic heterocycles. The van der Waals surface area contributed by atoms with Crippen molar-refractivity contribution in [3.63, 3.8) is 0 Å². The Kier molecular flexibility index (Phi) is 3.33. The van der Waals surface area contributed by atoms with E-state index in [1.165, 1.54) is 6.21 Å². The van der Waals surface area contributed by atoms with Crippen LogP contribution in [0.4, 0.5) is 0 Å². The number of nitrogens with zero attached hydrogens (tertiary/aromatic N) is 2. The fourth-order valence-electron chi connectivity index (χ4n) is 0.891. The molecule has 0 amide bonds. The van der Waals surface area contributed by atoms with Crippen molar-refractivity contribution in [2.45, 2.75) is 0 Å². The molecule has 1 aromatic rings. The second-order valence-corrected chi connectivity index (χ2v) is 2.23. The zero-order valence-corrected chi connectivity index (χ0v) is 6.84. The van der Waals surface area contributed by atoms with Crippen molar-refractivity contribution in [3.8, 4) is 11.8 Å². The Hall–Kier alpha value is -2.02. The molecule has 4 nitrogen and oxygen atoms in total. The molecule has 0 heterocycles. The number of ether oxygens (including phenoxy) is 1. The minimum atomic E-state index is -0.0176. The molecule has 1 N–H and O–H groups in total. The average Bonchev–Trinajstić information content (AvgIpc) is 2.17. The van der Waals surface area contributed by atoms with Crippen molar-refractivity contribution in [1.82, 2.24) is 0 Å². The summed E-state index contributed by atoms with van der Waals surface area (Å²) in [6.07, 6.45) is 1.26. The van der Waals surface area contributed by atoms with E-state index >= 15 is 0 Å². The van der Waals surface area contributed by atoms with Crippen molar-refractivity contribution in [1.29, 1.82) is 5.26 Å². The quantitative estimate of drug-likeness (QED) is 0.430. The van der Waals surface area contributed by atoms with Gasteiger partial charge in [0.1, 0.15) is 11.8 Å². The summed E-state index contributed by atoms with van der Waals surface area (Å²) in [5.74, 6) is 0.529. The van der Waals surface area contributed by atoms with E-state index in [1.54, 1.807) is 24.3 Å². The first-order valence-electron chi connectivity index (χ1n) is 3.64. The molecule has 0 spiro atoms. The molecule has 66 valence electrons. The van der Waals surface area contributed by atoms with E-state index in [-0.39, 0.29) is 6.61 Å². The summed E-state index contributed by atoms with van der Waals surface area (Å²) >= 11 is 0. The van der Waals surface area contributed by atoms with Crippen LogP contribution in [-0.4, -0.2) is 18.0 Å². The molecule has 13 heavy (non-hydrogen) atoms. The predicted molar refractivity (Wildman–Crippen MR) is 46.9 cm³/mol. The molecule has 0 atom stereocenters. The van der Waals surface area contributed by atoms with Crippen LogP contribution in [0.1, 0.15) is 5.56 Å². The van der Waals surface area contributed by atoms with Gasteiger partial charge in [-0.1, -0.05) is 17.3 Å². The van der Waals surface area contributed by atoms with Gasteiger partial charge in [0, 0.05) is 5.56 Å². The van der Waals surface area contributed by atoms with Crippen LogP contribution in [0.2, 0.25) is 0 Å². The Morgan fingerprint density at radius 3 is 3.00 bits per heavy atom.